The van der Waals surface area contributed by atoms with Crippen molar-refractivity contribution in [2.75, 3.05) is 11.9 Å². The minimum Gasteiger partial charge on any atom is -0.325 e. The molecule has 0 atom stereocenters. The van der Waals surface area contributed by atoms with Crippen molar-refractivity contribution in [3.63, 3.8) is 0 Å². The highest BCUT2D eigenvalue weighted by atomic mass is 79.9. The Bertz CT molecular complexity index is 654. The smallest absolute Gasteiger partial charge is 0.241 e. The van der Waals surface area contributed by atoms with E-state index in [0.717, 1.165) is 12.8 Å². The number of amides is 1. The van der Waals surface area contributed by atoms with E-state index in [9.17, 15) is 13.2 Å². The molecule has 2 N–H and O–H groups in total. The molecule has 0 saturated carbocycles. The van der Waals surface area contributed by atoms with E-state index in [1.165, 1.54) is 0 Å². The number of fused-ring (bicyclic) bond motifs is 1. The van der Waals surface area contributed by atoms with E-state index in [-0.39, 0.29) is 17.2 Å². The molecule has 0 aromatic heterocycles. The fraction of sp³-hybridized carbons (Fsp3) is 0.500. The molecule has 1 aromatic rings. The van der Waals surface area contributed by atoms with Gasteiger partial charge in [0.05, 0.1) is 11.3 Å². The molecular formula is C14H19BrN2O3S. The Balaban J connectivity index is 2.25. The Morgan fingerprint density at radius 3 is 2.62 bits per heavy atom. The number of halogens is 1. The lowest BCUT2D eigenvalue weighted by Gasteiger charge is -2.15. The van der Waals surface area contributed by atoms with Crippen molar-refractivity contribution in [3.05, 3.63) is 22.2 Å². The molecule has 1 aromatic carbocycles. The number of carbonyl (C=O) groups is 1. The molecular weight excluding hydrogens is 356 g/mol. The first-order valence-corrected chi connectivity index (χ1v) is 9.27. The Morgan fingerprint density at radius 2 is 2.00 bits per heavy atom. The van der Waals surface area contributed by atoms with Gasteiger partial charge in [-0.25, -0.2) is 13.1 Å². The van der Waals surface area contributed by atoms with Gasteiger partial charge in [0, 0.05) is 16.7 Å². The van der Waals surface area contributed by atoms with E-state index in [2.05, 4.69) is 26.0 Å². The van der Waals surface area contributed by atoms with Crippen LogP contribution in [0.2, 0.25) is 0 Å². The summed E-state index contributed by atoms with van der Waals surface area (Å²) in [5.74, 6) is 0.215. The van der Waals surface area contributed by atoms with Gasteiger partial charge in [0.1, 0.15) is 0 Å². The summed E-state index contributed by atoms with van der Waals surface area (Å²) in [6.45, 7) is 4.52. The molecule has 7 heteroatoms. The second-order valence-electron chi connectivity index (χ2n) is 5.20. The number of rotatable bonds is 6. The van der Waals surface area contributed by atoms with E-state index < -0.39 is 10.0 Å². The normalized spacial score (nSPS) is 14.4. The molecule has 0 saturated heterocycles. The van der Waals surface area contributed by atoms with Gasteiger partial charge in [-0.1, -0.05) is 26.7 Å². The molecule has 0 bridgehead atoms. The predicted octanol–water partition coefficient (Wildman–Crippen LogP) is 2.66. The minimum atomic E-state index is -3.58. The highest BCUT2D eigenvalue weighted by molar-refractivity contribution is 9.10. The summed E-state index contributed by atoms with van der Waals surface area (Å²) in [6, 6.07) is 3.21. The van der Waals surface area contributed by atoms with Crippen molar-refractivity contribution < 1.29 is 13.2 Å². The van der Waals surface area contributed by atoms with E-state index in [4.69, 9.17) is 0 Å². The van der Waals surface area contributed by atoms with Gasteiger partial charge in [-0.2, -0.15) is 0 Å². The van der Waals surface area contributed by atoms with Gasteiger partial charge in [0.15, 0.2) is 0 Å². The Kier molecular flexibility index (Phi) is 5.06. The summed E-state index contributed by atoms with van der Waals surface area (Å²) in [6.07, 6.45) is 2.09. The van der Waals surface area contributed by atoms with Gasteiger partial charge in [-0.15, -0.1) is 0 Å². The lowest BCUT2D eigenvalue weighted by atomic mass is 10.0. The van der Waals surface area contributed by atoms with Gasteiger partial charge in [-0.05, 0) is 39.5 Å². The molecule has 116 valence electrons. The maximum Gasteiger partial charge on any atom is 0.241 e. The second kappa shape index (κ2) is 6.46. The molecule has 0 unspecified atom stereocenters. The van der Waals surface area contributed by atoms with Crippen LogP contribution in [-0.4, -0.2) is 20.9 Å². The zero-order chi connectivity index (χ0) is 15.6. The first-order valence-electron chi connectivity index (χ1n) is 6.99. The number of carbonyl (C=O) groups excluding carboxylic acids is 1. The van der Waals surface area contributed by atoms with Crippen LogP contribution < -0.4 is 10.0 Å². The third kappa shape index (κ3) is 3.64. The van der Waals surface area contributed by atoms with E-state index in [1.807, 2.05) is 13.8 Å². The fourth-order valence-corrected chi connectivity index (χ4v) is 4.52. The molecule has 1 amide bonds. The fourth-order valence-electron chi connectivity index (χ4n) is 2.31. The van der Waals surface area contributed by atoms with Crippen LogP contribution in [0.3, 0.4) is 0 Å². The maximum absolute atomic E-state index is 12.4. The molecule has 0 aliphatic carbocycles. The third-order valence-corrected chi connectivity index (χ3v) is 6.17. The molecule has 21 heavy (non-hydrogen) atoms. The van der Waals surface area contributed by atoms with Crippen LogP contribution in [0, 0.1) is 5.92 Å². The number of benzene rings is 1. The summed E-state index contributed by atoms with van der Waals surface area (Å²) in [7, 11) is -3.58. The molecule has 1 aliphatic rings. The van der Waals surface area contributed by atoms with Crippen molar-refractivity contribution in [3.8, 4) is 0 Å². The van der Waals surface area contributed by atoms with Crippen molar-refractivity contribution in [1.82, 2.24) is 4.72 Å². The highest BCUT2D eigenvalue weighted by Gasteiger charge is 2.25. The van der Waals surface area contributed by atoms with Crippen molar-refractivity contribution in [1.29, 1.82) is 0 Å². The van der Waals surface area contributed by atoms with E-state index in [0.29, 0.717) is 28.2 Å². The molecule has 5 nitrogen and oxygen atoms in total. The molecule has 2 rings (SSSR count). The van der Waals surface area contributed by atoms with Gasteiger partial charge in [0.25, 0.3) is 0 Å². The topological polar surface area (TPSA) is 75.3 Å². The highest BCUT2D eigenvalue weighted by Crippen LogP contribution is 2.32. The SMILES string of the molecule is CCC(CC)CNS(=O)(=O)c1cc2c(cc1Br)NC(=O)C2. The summed E-state index contributed by atoms with van der Waals surface area (Å²) >= 11 is 3.28. The monoisotopic (exact) mass is 374 g/mol. The Morgan fingerprint density at radius 1 is 1.33 bits per heavy atom. The first-order chi connectivity index (χ1) is 9.87. The number of hydrogen-bond acceptors (Lipinski definition) is 3. The van der Waals surface area contributed by atoms with E-state index in [1.54, 1.807) is 12.1 Å². The lowest BCUT2D eigenvalue weighted by Crippen LogP contribution is -2.29. The van der Waals surface area contributed by atoms with Crippen LogP contribution in [0.25, 0.3) is 0 Å². The van der Waals surface area contributed by atoms with Crippen LogP contribution in [0.4, 0.5) is 5.69 Å². The zero-order valence-corrected chi connectivity index (χ0v) is 14.5. The van der Waals surface area contributed by atoms with Crippen LogP contribution >= 0.6 is 15.9 Å². The Labute approximate surface area is 133 Å². The average Bonchev–Trinajstić information content (AvgIpc) is 2.78. The second-order valence-corrected chi connectivity index (χ2v) is 7.79. The first kappa shape index (κ1) is 16.5. The average molecular weight is 375 g/mol. The van der Waals surface area contributed by atoms with Gasteiger partial charge in [0.2, 0.25) is 15.9 Å². The van der Waals surface area contributed by atoms with Crippen LogP contribution in [-0.2, 0) is 21.2 Å². The zero-order valence-electron chi connectivity index (χ0n) is 12.1. The van der Waals surface area contributed by atoms with Crippen molar-refractivity contribution in [2.24, 2.45) is 5.92 Å². The lowest BCUT2D eigenvalue weighted by molar-refractivity contribution is -0.115. The predicted molar refractivity (Wildman–Crippen MR) is 85.7 cm³/mol. The largest absolute Gasteiger partial charge is 0.325 e. The molecule has 0 fully saturated rings. The van der Waals surface area contributed by atoms with Crippen LogP contribution in [0.15, 0.2) is 21.5 Å². The van der Waals surface area contributed by atoms with Crippen molar-refractivity contribution in [2.45, 2.75) is 38.0 Å². The summed E-state index contributed by atoms with van der Waals surface area (Å²) in [5, 5.41) is 2.70. The third-order valence-electron chi connectivity index (χ3n) is 3.79. The molecule has 1 heterocycles. The van der Waals surface area contributed by atoms with Gasteiger partial charge >= 0.3 is 0 Å². The standard InChI is InChI=1S/C14H19BrN2O3S/c1-3-9(4-2)8-16-21(19,20)13-5-10-6-14(18)17-12(10)7-11(13)15/h5,7,9,16H,3-4,6,8H2,1-2H3,(H,17,18). The summed E-state index contributed by atoms with van der Waals surface area (Å²) in [5.41, 5.74) is 1.39. The Hall–Kier alpha value is -0.920. The minimum absolute atomic E-state index is 0.114. The molecule has 0 radical (unpaired) electrons. The van der Waals surface area contributed by atoms with Gasteiger partial charge < -0.3 is 5.32 Å². The van der Waals surface area contributed by atoms with Crippen LogP contribution in [0.1, 0.15) is 32.3 Å². The molecule has 0 spiro atoms. The molecule has 1 aliphatic heterocycles. The quantitative estimate of drug-likeness (QED) is 0.803. The number of sulfonamides is 1. The summed E-state index contributed by atoms with van der Waals surface area (Å²) < 4.78 is 28.0. The summed E-state index contributed by atoms with van der Waals surface area (Å²) in [4.78, 5) is 11.6. The van der Waals surface area contributed by atoms with Gasteiger partial charge in [-0.3, -0.25) is 4.79 Å². The number of anilines is 1. The van der Waals surface area contributed by atoms with E-state index >= 15 is 0 Å². The van der Waals surface area contributed by atoms with Crippen LogP contribution in [0.5, 0.6) is 0 Å². The number of hydrogen-bond donors (Lipinski definition) is 2. The maximum atomic E-state index is 12.4. The van der Waals surface area contributed by atoms with Crippen molar-refractivity contribution >= 4 is 37.5 Å². The number of nitrogens with one attached hydrogen (secondary N) is 2.